The van der Waals surface area contributed by atoms with E-state index in [-0.39, 0.29) is 24.0 Å². The molecule has 8 heteroatoms. The number of sulfone groups is 1. The van der Waals surface area contributed by atoms with Crippen LogP contribution in [-0.2, 0) is 21.2 Å². The lowest BCUT2D eigenvalue weighted by molar-refractivity contribution is -0.123. The minimum Gasteiger partial charge on any atom is -0.396 e. The van der Waals surface area contributed by atoms with Gasteiger partial charge in [-0.15, -0.1) is 0 Å². The first kappa shape index (κ1) is 12.9. The van der Waals surface area contributed by atoms with Crippen molar-refractivity contribution in [3.05, 3.63) is 12.4 Å². The fourth-order valence-electron chi connectivity index (χ4n) is 2.10. The first-order valence-corrected chi connectivity index (χ1v) is 7.40. The van der Waals surface area contributed by atoms with E-state index >= 15 is 0 Å². The van der Waals surface area contributed by atoms with Gasteiger partial charge in [0.25, 0.3) is 0 Å². The van der Waals surface area contributed by atoms with Crippen molar-refractivity contribution in [2.24, 2.45) is 0 Å². The predicted octanol–water partition coefficient (Wildman–Crippen LogP) is -0.841. The van der Waals surface area contributed by atoms with Crippen molar-refractivity contribution in [3.63, 3.8) is 0 Å². The monoisotopic (exact) mass is 272 g/mol. The third kappa shape index (κ3) is 3.00. The lowest BCUT2D eigenvalue weighted by Crippen LogP contribution is -2.48. The van der Waals surface area contributed by atoms with Gasteiger partial charge in [0.15, 0.2) is 9.84 Å². The molecule has 1 aromatic rings. The molecule has 1 amide bonds. The van der Waals surface area contributed by atoms with Gasteiger partial charge in [-0.05, 0) is 13.3 Å². The molecule has 1 unspecified atom stereocenters. The highest BCUT2D eigenvalue weighted by atomic mass is 32.2. The van der Waals surface area contributed by atoms with Crippen molar-refractivity contribution in [2.75, 3.05) is 17.2 Å². The quantitative estimate of drug-likeness (QED) is 0.746. The summed E-state index contributed by atoms with van der Waals surface area (Å²) in [6.07, 6.45) is 3.45. The molecule has 1 aliphatic rings. The van der Waals surface area contributed by atoms with E-state index in [2.05, 4.69) is 10.4 Å². The number of amides is 1. The number of nitrogen functional groups attached to an aromatic ring is 1. The summed E-state index contributed by atoms with van der Waals surface area (Å²) >= 11 is 0. The van der Waals surface area contributed by atoms with Gasteiger partial charge in [-0.1, -0.05) is 0 Å². The van der Waals surface area contributed by atoms with Crippen LogP contribution < -0.4 is 11.1 Å². The third-order valence-electron chi connectivity index (χ3n) is 2.90. The first-order valence-electron chi connectivity index (χ1n) is 5.57. The number of carbonyl (C=O) groups excluding carboxylic acids is 1. The van der Waals surface area contributed by atoms with Gasteiger partial charge in [-0.25, -0.2) is 8.42 Å². The fraction of sp³-hybridized carbons (Fsp3) is 0.600. The molecule has 1 aliphatic heterocycles. The van der Waals surface area contributed by atoms with E-state index < -0.39 is 15.4 Å². The maximum Gasteiger partial charge on any atom is 0.242 e. The van der Waals surface area contributed by atoms with Crippen molar-refractivity contribution in [1.82, 2.24) is 15.1 Å². The van der Waals surface area contributed by atoms with Gasteiger partial charge in [-0.3, -0.25) is 9.48 Å². The Hall–Kier alpha value is -1.57. The Kier molecular flexibility index (Phi) is 3.05. The minimum atomic E-state index is -3.03. The van der Waals surface area contributed by atoms with Crippen LogP contribution in [0.25, 0.3) is 0 Å². The standard InChI is InChI=1S/C10H16N4O3S/c1-10(2-3-18(16,17)7-10)13-9(15)6-14-5-8(11)4-12-14/h4-5H,2-3,6-7,11H2,1H3,(H,13,15). The molecule has 2 rings (SSSR count). The molecule has 18 heavy (non-hydrogen) atoms. The SMILES string of the molecule is CC1(NC(=O)Cn2cc(N)cn2)CCS(=O)(=O)C1. The van der Waals surface area contributed by atoms with Gasteiger partial charge in [0.1, 0.15) is 6.54 Å². The number of nitrogens with zero attached hydrogens (tertiary/aromatic N) is 2. The van der Waals surface area contributed by atoms with Gasteiger partial charge < -0.3 is 11.1 Å². The molecule has 100 valence electrons. The van der Waals surface area contributed by atoms with Crippen LogP contribution in [0.5, 0.6) is 0 Å². The van der Waals surface area contributed by atoms with Crippen molar-refractivity contribution in [3.8, 4) is 0 Å². The van der Waals surface area contributed by atoms with Crippen LogP contribution in [0, 0.1) is 0 Å². The predicted molar refractivity (Wildman–Crippen MR) is 66.5 cm³/mol. The van der Waals surface area contributed by atoms with E-state index in [1.165, 1.54) is 10.9 Å². The molecule has 1 saturated heterocycles. The topological polar surface area (TPSA) is 107 Å². The summed E-state index contributed by atoms with van der Waals surface area (Å²) in [4.78, 5) is 11.8. The van der Waals surface area contributed by atoms with Crippen LogP contribution in [0.4, 0.5) is 5.69 Å². The van der Waals surface area contributed by atoms with Crippen molar-refractivity contribution in [2.45, 2.75) is 25.4 Å². The van der Waals surface area contributed by atoms with Crippen LogP contribution in [0.1, 0.15) is 13.3 Å². The number of rotatable bonds is 3. The molecule has 0 aromatic carbocycles. The smallest absolute Gasteiger partial charge is 0.242 e. The number of hydrogen-bond acceptors (Lipinski definition) is 5. The van der Waals surface area contributed by atoms with Crippen LogP contribution >= 0.6 is 0 Å². The minimum absolute atomic E-state index is 0.00696. The van der Waals surface area contributed by atoms with E-state index in [4.69, 9.17) is 5.73 Å². The van der Waals surface area contributed by atoms with Gasteiger partial charge in [0.2, 0.25) is 5.91 Å². The normalized spacial score (nSPS) is 26.1. The largest absolute Gasteiger partial charge is 0.396 e. The average molecular weight is 272 g/mol. The molecule has 3 N–H and O–H groups in total. The summed E-state index contributed by atoms with van der Waals surface area (Å²) in [5, 5.41) is 6.64. The Morgan fingerprint density at radius 3 is 2.89 bits per heavy atom. The Balaban J connectivity index is 1.96. The summed E-state index contributed by atoms with van der Waals surface area (Å²) in [6, 6.07) is 0. The number of nitrogens with two attached hydrogens (primary N) is 1. The molecular weight excluding hydrogens is 256 g/mol. The zero-order valence-corrected chi connectivity index (χ0v) is 10.9. The van der Waals surface area contributed by atoms with Gasteiger partial charge in [-0.2, -0.15) is 5.10 Å². The second-order valence-electron chi connectivity index (χ2n) is 4.92. The molecule has 2 heterocycles. The molecule has 1 aromatic heterocycles. The highest BCUT2D eigenvalue weighted by molar-refractivity contribution is 7.91. The van der Waals surface area contributed by atoms with E-state index in [1.807, 2.05) is 0 Å². The van der Waals surface area contributed by atoms with Crippen molar-refractivity contribution in [1.29, 1.82) is 0 Å². The Morgan fingerprint density at radius 2 is 2.39 bits per heavy atom. The third-order valence-corrected chi connectivity index (χ3v) is 4.81. The van der Waals surface area contributed by atoms with Gasteiger partial charge >= 0.3 is 0 Å². The number of aromatic nitrogens is 2. The summed E-state index contributed by atoms with van der Waals surface area (Å²) < 4.78 is 24.2. The molecule has 0 radical (unpaired) electrons. The van der Waals surface area contributed by atoms with Crippen molar-refractivity contribution >= 4 is 21.4 Å². The lowest BCUT2D eigenvalue weighted by Gasteiger charge is -2.23. The number of nitrogens with one attached hydrogen (secondary N) is 1. The van der Waals surface area contributed by atoms with E-state index in [1.54, 1.807) is 13.1 Å². The molecule has 1 fully saturated rings. The molecule has 1 atom stereocenters. The Bertz CT molecular complexity index is 565. The van der Waals surface area contributed by atoms with Gasteiger partial charge in [0.05, 0.1) is 28.9 Å². The summed E-state index contributed by atoms with van der Waals surface area (Å²) in [6.45, 7) is 1.78. The maximum atomic E-state index is 11.8. The lowest BCUT2D eigenvalue weighted by atomic mass is 10.0. The molecule has 0 spiro atoms. The summed E-state index contributed by atoms with van der Waals surface area (Å²) in [7, 11) is -3.03. The van der Waals surface area contributed by atoms with E-state index in [0.717, 1.165) is 0 Å². The van der Waals surface area contributed by atoms with Crippen molar-refractivity contribution < 1.29 is 13.2 Å². The van der Waals surface area contributed by atoms with Crippen LogP contribution in [0.2, 0.25) is 0 Å². The van der Waals surface area contributed by atoms with E-state index in [9.17, 15) is 13.2 Å². The second kappa shape index (κ2) is 4.27. The number of anilines is 1. The molecule has 0 bridgehead atoms. The fourth-order valence-corrected chi connectivity index (χ4v) is 4.19. The Morgan fingerprint density at radius 1 is 1.67 bits per heavy atom. The Labute approximate surface area is 105 Å². The maximum absolute atomic E-state index is 11.8. The zero-order valence-electron chi connectivity index (χ0n) is 10.1. The van der Waals surface area contributed by atoms with Crippen LogP contribution in [-0.4, -0.2) is 41.2 Å². The summed E-state index contributed by atoms with van der Waals surface area (Å²) in [5.41, 5.74) is 5.30. The zero-order chi connectivity index (χ0) is 13.4. The van der Waals surface area contributed by atoms with Gasteiger partial charge in [0, 0.05) is 6.20 Å². The molecule has 7 nitrogen and oxygen atoms in total. The van der Waals surface area contributed by atoms with Crippen LogP contribution in [0.15, 0.2) is 12.4 Å². The first-order chi connectivity index (χ1) is 8.28. The van der Waals surface area contributed by atoms with E-state index in [0.29, 0.717) is 12.1 Å². The number of carbonyl (C=O) groups is 1. The summed E-state index contributed by atoms with van der Waals surface area (Å²) in [5.74, 6) is -0.149. The average Bonchev–Trinajstić information content (AvgIpc) is 2.70. The van der Waals surface area contributed by atoms with Crippen LogP contribution in [0.3, 0.4) is 0 Å². The number of hydrogen-bond donors (Lipinski definition) is 2. The molecule has 0 aliphatic carbocycles. The highest BCUT2D eigenvalue weighted by Crippen LogP contribution is 2.22. The second-order valence-corrected chi connectivity index (χ2v) is 7.11. The highest BCUT2D eigenvalue weighted by Gasteiger charge is 2.39. The molecular formula is C10H16N4O3S. The molecule has 0 saturated carbocycles.